The van der Waals surface area contributed by atoms with Crippen molar-refractivity contribution in [3.05, 3.63) is 65.7 Å². The molecule has 2 aliphatic rings. The maximum atomic E-state index is 13.9. The standard InChI is InChI=1S/C28H28FN3O/c1-3-4-18-5-8-27(31-16-18)32-28(33)17(2)19-11-20-13-22(14-21(20)12-19)24-9-10-30-26-7-6-23(29)15-25(24)26/h5-10,15-17,19-22H,11-14H2,1-2H3,(H,31,32,33)/t17?,19-,20-,21+,22+. The summed E-state index contributed by atoms with van der Waals surface area (Å²) in [6.07, 6.45) is 7.89. The molecule has 4 nitrogen and oxygen atoms in total. The van der Waals surface area contributed by atoms with Gasteiger partial charge >= 0.3 is 0 Å². The van der Waals surface area contributed by atoms with Crippen molar-refractivity contribution in [2.45, 2.75) is 45.4 Å². The van der Waals surface area contributed by atoms with E-state index in [1.165, 1.54) is 11.6 Å². The molecule has 2 heterocycles. The lowest BCUT2D eigenvalue weighted by molar-refractivity contribution is -0.120. The smallest absolute Gasteiger partial charge is 0.228 e. The van der Waals surface area contributed by atoms with Gasteiger partial charge in [0, 0.05) is 29.3 Å². The average Bonchev–Trinajstić information content (AvgIpc) is 3.39. The number of carbonyl (C=O) groups is 1. The van der Waals surface area contributed by atoms with Crippen molar-refractivity contribution in [1.29, 1.82) is 0 Å². The van der Waals surface area contributed by atoms with Gasteiger partial charge < -0.3 is 5.32 Å². The molecule has 5 rings (SSSR count). The number of rotatable bonds is 4. The quantitative estimate of drug-likeness (QED) is 0.510. The van der Waals surface area contributed by atoms with Crippen LogP contribution in [0.1, 0.15) is 56.6 Å². The summed E-state index contributed by atoms with van der Waals surface area (Å²) in [5.74, 6) is 8.22. The Bertz CT molecular complexity index is 1230. The lowest BCUT2D eigenvalue weighted by atomic mass is 9.86. The minimum Gasteiger partial charge on any atom is -0.310 e. The number of amides is 1. The second-order valence-electron chi connectivity index (χ2n) is 9.57. The van der Waals surface area contributed by atoms with Crippen LogP contribution in [0.5, 0.6) is 0 Å². The number of fused-ring (bicyclic) bond motifs is 2. The summed E-state index contributed by atoms with van der Waals surface area (Å²) >= 11 is 0. The fourth-order valence-corrected chi connectivity index (χ4v) is 5.96. The molecule has 5 atom stereocenters. The first kappa shape index (κ1) is 21.6. The molecule has 2 saturated carbocycles. The van der Waals surface area contributed by atoms with Crippen molar-refractivity contribution in [2.75, 3.05) is 5.32 Å². The Kier molecular flexibility index (Phi) is 5.85. The Morgan fingerprint density at radius 2 is 1.88 bits per heavy atom. The SMILES string of the molecule is CC#Cc1ccc(NC(=O)C(C)[C@H]2C[C@H]3C[C@@H](c4ccnc5ccc(F)cc45)C[C@H]3C2)nc1. The van der Waals surface area contributed by atoms with E-state index >= 15 is 0 Å². The van der Waals surface area contributed by atoms with E-state index in [9.17, 15) is 9.18 Å². The second-order valence-corrected chi connectivity index (χ2v) is 9.57. The van der Waals surface area contributed by atoms with Gasteiger partial charge in [0.1, 0.15) is 11.6 Å². The zero-order chi connectivity index (χ0) is 22.9. The number of hydrogen-bond acceptors (Lipinski definition) is 3. The normalized spacial score (nSPS) is 24.7. The Hall–Kier alpha value is -3.26. The third-order valence-electron chi connectivity index (χ3n) is 7.63. The van der Waals surface area contributed by atoms with Gasteiger partial charge in [0.15, 0.2) is 0 Å². The largest absolute Gasteiger partial charge is 0.310 e. The van der Waals surface area contributed by atoms with E-state index in [1.54, 1.807) is 31.3 Å². The van der Waals surface area contributed by atoms with E-state index in [2.05, 4.69) is 33.2 Å². The lowest BCUT2D eigenvalue weighted by Gasteiger charge is -2.21. The van der Waals surface area contributed by atoms with Crippen LogP contribution >= 0.6 is 0 Å². The van der Waals surface area contributed by atoms with Crippen LogP contribution in [0.25, 0.3) is 10.9 Å². The van der Waals surface area contributed by atoms with Gasteiger partial charge in [-0.05, 0) is 98.2 Å². The molecular formula is C28H28FN3O. The maximum absolute atomic E-state index is 13.9. The summed E-state index contributed by atoms with van der Waals surface area (Å²) in [7, 11) is 0. The number of benzene rings is 1. The summed E-state index contributed by atoms with van der Waals surface area (Å²) in [5.41, 5.74) is 2.92. The van der Waals surface area contributed by atoms with Gasteiger partial charge in [0.25, 0.3) is 0 Å². The van der Waals surface area contributed by atoms with E-state index in [-0.39, 0.29) is 17.6 Å². The van der Waals surface area contributed by atoms with Crippen LogP contribution in [0, 0.1) is 41.3 Å². The summed E-state index contributed by atoms with van der Waals surface area (Å²) in [6.45, 7) is 3.82. The highest BCUT2D eigenvalue weighted by molar-refractivity contribution is 5.91. The topological polar surface area (TPSA) is 54.9 Å². The monoisotopic (exact) mass is 441 g/mol. The predicted octanol–water partition coefficient (Wildman–Crippen LogP) is 5.93. The Morgan fingerprint density at radius 3 is 2.58 bits per heavy atom. The van der Waals surface area contributed by atoms with Crippen molar-refractivity contribution in [3.8, 4) is 11.8 Å². The molecule has 0 saturated heterocycles. The van der Waals surface area contributed by atoms with Gasteiger partial charge in [-0.15, -0.1) is 5.92 Å². The van der Waals surface area contributed by atoms with Crippen molar-refractivity contribution < 1.29 is 9.18 Å². The molecular weight excluding hydrogens is 413 g/mol. The predicted molar refractivity (Wildman–Crippen MR) is 128 cm³/mol. The van der Waals surface area contributed by atoms with Gasteiger partial charge in [-0.1, -0.05) is 12.8 Å². The average molecular weight is 442 g/mol. The minimum atomic E-state index is -0.211. The summed E-state index contributed by atoms with van der Waals surface area (Å²) < 4.78 is 13.9. The maximum Gasteiger partial charge on any atom is 0.228 e. The third-order valence-corrected chi connectivity index (χ3v) is 7.63. The van der Waals surface area contributed by atoms with E-state index in [4.69, 9.17) is 0 Å². The van der Waals surface area contributed by atoms with Crippen LogP contribution in [-0.4, -0.2) is 15.9 Å². The van der Waals surface area contributed by atoms with Crippen LogP contribution in [-0.2, 0) is 4.79 Å². The van der Waals surface area contributed by atoms with Gasteiger partial charge in [-0.2, -0.15) is 0 Å². The first-order valence-corrected chi connectivity index (χ1v) is 11.8. The molecule has 2 aliphatic carbocycles. The van der Waals surface area contributed by atoms with Crippen LogP contribution < -0.4 is 5.32 Å². The molecule has 33 heavy (non-hydrogen) atoms. The number of pyridine rings is 2. The minimum absolute atomic E-state index is 0.0361. The number of aromatic nitrogens is 2. The van der Waals surface area contributed by atoms with E-state index in [0.29, 0.717) is 29.5 Å². The second kappa shape index (κ2) is 8.94. The van der Waals surface area contributed by atoms with Crippen LogP contribution in [0.3, 0.4) is 0 Å². The number of halogens is 1. The Morgan fingerprint density at radius 1 is 1.09 bits per heavy atom. The molecule has 0 radical (unpaired) electrons. The molecule has 2 aromatic heterocycles. The highest BCUT2D eigenvalue weighted by Gasteiger charge is 2.44. The molecule has 1 unspecified atom stereocenters. The lowest BCUT2D eigenvalue weighted by Crippen LogP contribution is -2.26. The molecule has 1 amide bonds. The fourth-order valence-electron chi connectivity index (χ4n) is 5.96. The van der Waals surface area contributed by atoms with E-state index in [0.717, 1.165) is 42.1 Å². The van der Waals surface area contributed by atoms with E-state index in [1.807, 2.05) is 19.2 Å². The van der Waals surface area contributed by atoms with Gasteiger partial charge in [0.05, 0.1) is 5.52 Å². The van der Waals surface area contributed by atoms with Crippen molar-refractivity contribution in [2.24, 2.45) is 23.7 Å². The number of hydrogen-bond donors (Lipinski definition) is 1. The van der Waals surface area contributed by atoms with Crippen molar-refractivity contribution in [1.82, 2.24) is 9.97 Å². The van der Waals surface area contributed by atoms with Gasteiger partial charge in [-0.3, -0.25) is 9.78 Å². The van der Waals surface area contributed by atoms with Gasteiger partial charge in [-0.25, -0.2) is 9.37 Å². The highest BCUT2D eigenvalue weighted by atomic mass is 19.1. The highest BCUT2D eigenvalue weighted by Crippen LogP contribution is 2.54. The van der Waals surface area contributed by atoms with Crippen LogP contribution in [0.4, 0.5) is 10.2 Å². The number of carbonyl (C=O) groups excluding carboxylic acids is 1. The summed E-state index contributed by atoms with van der Waals surface area (Å²) in [5, 5.41) is 3.91. The van der Waals surface area contributed by atoms with E-state index < -0.39 is 0 Å². The third kappa shape index (κ3) is 4.35. The zero-order valence-electron chi connectivity index (χ0n) is 19.0. The Labute approximate surface area is 194 Å². The number of nitrogens with zero attached hydrogens (tertiary/aromatic N) is 2. The van der Waals surface area contributed by atoms with Crippen molar-refractivity contribution >= 4 is 22.6 Å². The molecule has 0 aliphatic heterocycles. The molecule has 5 heteroatoms. The molecule has 1 aromatic carbocycles. The first-order valence-electron chi connectivity index (χ1n) is 11.8. The molecule has 3 aromatic rings. The van der Waals surface area contributed by atoms with Crippen LogP contribution in [0.15, 0.2) is 48.8 Å². The summed E-state index contributed by atoms with van der Waals surface area (Å²) in [4.78, 5) is 21.6. The van der Waals surface area contributed by atoms with Gasteiger partial charge in [0.2, 0.25) is 5.91 Å². The molecule has 2 fully saturated rings. The van der Waals surface area contributed by atoms with Crippen molar-refractivity contribution in [3.63, 3.8) is 0 Å². The number of nitrogens with one attached hydrogen (secondary N) is 1. The first-order chi connectivity index (χ1) is 16.0. The molecule has 0 bridgehead atoms. The molecule has 1 N–H and O–H groups in total. The van der Waals surface area contributed by atoms with Crippen LogP contribution in [0.2, 0.25) is 0 Å². The zero-order valence-corrected chi connectivity index (χ0v) is 19.0. The molecule has 168 valence electrons. The fraction of sp³-hybridized carbons (Fsp3) is 0.393. The Balaban J connectivity index is 1.22. The molecule has 0 spiro atoms. The number of anilines is 1. The summed E-state index contributed by atoms with van der Waals surface area (Å²) in [6, 6.07) is 10.6.